The van der Waals surface area contributed by atoms with Crippen molar-refractivity contribution in [3.63, 3.8) is 0 Å². The van der Waals surface area contributed by atoms with E-state index in [1.165, 1.54) is 11.1 Å². The number of aromatic nitrogens is 2. The third kappa shape index (κ3) is 2.04. The van der Waals surface area contributed by atoms with Crippen LogP contribution in [0.1, 0.15) is 16.8 Å². The highest BCUT2D eigenvalue weighted by atomic mass is 14.7. The van der Waals surface area contributed by atoms with Crippen molar-refractivity contribution in [3.05, 3.63) is 47.5 Å². The molecule has 2 nitrogen and oxygen atoms in total. The molecule has 0 radical (unpaired) electrons. The van der Waals surface area contributed by atoms with E-state index in [2.05, 4.69) is 29.0 Å². The Morgan fingerprint density at radius 1 is 0.867 bits per heavy atom. The van der Waals surface area contributed by atoms with Crippen LogP contribution in [0, 0.1) is 20.8 Å². The van der Waals surface area contributed by atoms with Gasteiger partial charge in [-0.05, 0) is 44.0 Å². The van der Waals surface area contributed by atoms with Crippen LogP contribution in [0.5, 0.6) is 0 Å². The highest BCUT2D eigenvalue weighted by Crippen LogP contribution is 2.20. The minimum absolute atomic E-state index is 1.08. The highest BCUT2D eigenvalue weighted by molar-refractivity contribution is 5.62. The van der Waals surface area contributed by atoms with E-state index in [9.17, 15) is 0 Å². The van der Waals surface area contributed by atoms with Crippen LogP contribution >= 0.6 is 0 Å². The van der Waals surface area contributed by atoms with E-state index in [1.54, 1.807) is 0 Å². The lowest BCUT2D eigenvalue weighted by atomic mass is 10.1. The van der Waals surface area contributed by atoms with Crippen molar-refractivity contribution in [2.45, 2.75) is 20.8 Å². The van der Waals surface area contributed by atoms with Crippen molar-refractivity contribution in [1.29, 1.82) is 0 Å². The van der Waals surface area contributed by atoms with E-state index in [1.807, 2.05) is 32.4 Å². The second-order valence-electron chi connectivity index (χ2n) is 3.88. The van der Waals surface area contributed by atoms with Crippen molar-refractivity contribution in [2.24, 2.45) is 0 Å². The summed E-state index contributed by atoms with van der Waals surface area (Å²) in [6, 6.07) is 4.28. The summed E-state index contributed by atoms with van der Waals surface area (Å²) in [5.41, 5.74) is 5.74. The molecule has 0 spiro atoms. The molecule has 0 amide bonds. The van der Waals surface area contributed by atoms with Gasteiger partial charge in [0.1, 0.15) is 0 Å². The largest absolute Gasteiger partial charge is 0.264 e. The van der Waals surface area contributed by atoms with Gasteiger partial charge in [0.25, 0.3) is 0 Å². The van der Waals surface area contributed by atoms with Crippen molar-refractivity contribution in [1.82, 2.24) is 9.97 Å². The molecule has 0 aliphatic rings. The summed E-state index contributed by atoms with van der Waals surface area (Å²) in [6.07, 6.45) is 5.63. The normalized spacial score (nSPS) is 10.3. The molecule has 0 aliphatic heterocycles. The first-order valence-electron chi connectivity index (χ1n) is 5.02. The van der Waals surface area contributed by atoms with Crippen molar-refractivity contribution >= 4 is 0 Å². The number of pyridine rings is 2. The Balaban J connectivity index is 2.50. The maximum atomic E-state index is 4.36. The molecule has 0 aliphatic carbocycles. The van der Waals surface area contributed by atoms with Gasteiger partial charge in [-0.15, -0.1) is 0 Å². The van der Waals surface area contributed by atoms with E-state index in [4.69, 9.17) is 0 Å². The first kappa shape index (κ1) is 9.84. The number of hydrogen-bond acceptors (Lipinski definition) is 2. The first-order chi connectivity index (χ1) is 7.16. The summed E-state index contributed by atoms with van der Waals surface area (Å²) in [4.78, 5) is 8.54. The zero-order chi connectivity index (χ0) is 10.8. The molecular weight excluding hydrogens is 184 g/mol. The van der Waals surface area contributed by atoms with Gasteiger partial charge >= 0.3 is 0 Å². The summed E-state index contributed by atoms with van der Waals surface area (Å²) in [6.45, 7) is 6.15. The number of rotatable bonds is 1. The summed E-state index contributed by atoms with van der Waals surface area (Å²) >= 11 is 0. The molecule has 0 atom stereocenters. The number of nitrogens with zero attached hydrogens (tertiary/aromatic N) is 2. The fraction of sp³-hybridized carbons (Fsp3) is 0.231. The van der Waals surface area contributed by atoms with E-state index >= 15 is 0 Å². The topological polar surface area (TPSA) is 25.8 Å². The van der Waals surface area contributed by atoms with E-state index in [0.29, 0.717) is 0 Å². The second-order valence-corrected chi connectivity index (χ2v) is 3.88. The van der Waals surface area contributed by atoms with Crippen LogP contribution in [0.4, 0.5) is 0 Å². The Morgan fingerprint density at radius 2 is 1.60 bits per heavy atom. The molecule has 15 heavy (non-hydrogen) atoms. The molecule has 2 heteroatoms. The van der Waals surface area contributed by atoms with Gasteiger partial charge in [-0.2, -0.15) is 0 Å². The Bertz CT molecular complexity index is 490. The summed E-state index contributed by atoms with van der Waals surface area (Å²) < 4.78 is 0. The maximum absolute atomic E-state index is 4.36. The first-order valence-corrected chi connectivity index (χ1v) is 5.02. The molecule has 0 bridgehead atoms. The average molecular weight is 198 g/mol. The fourth-order valence-electron chi connectivity index (χ4n) is 1.51. The molecular formula is C13H14N2. The van der Waals surface area contributed by atoms with E-state index in [0.717, 1.165) is 16.8 Å². The Labute approximate surface area is 90.0 Å². The molecule has 2 aromatic rings. The molecule has 0 aromatic carbocycles. The van der Waals surface area contributed by atoms with Gasteiger partial charge in [0.2, 0.25) is 0 Å². The van der Waals surface area contributed by atoms with Gasteiger partial charge in [-0.25, -0.2) is 0 Å². The SMILES string of the molecule is Cc1cncc(-c2cnc(C)c(C)c2)c1. The van der Waals surface area contributed by atoms with Gasteiger partial charge in [0.05, 0.1) is 0 Å². The van der Waals surface area contributed by atoms with Crippen LogP contribution in [0.15, 0.2) is 30.7 Å². The zero-order valence-corrected chi connectivity index (χ0v) is 9.28. The predicted octanol–water partition coefficient (Wildman–Crippen LogP) is 3.07. The third-order valence-electron chi connectivity index (χ3n) is 2.55. The molecule has 0 saturated heterocycles. The van der Waals surface area contributed by atoms with Crippen molar-refractivity contribution in [2.75, 3.05) is 0 Å². The average Bonchev–Trinajstić information content (AvgIpc) is 2.22. The van der Waals surface area contributed by atoms with Gasteiger partial charge in [0.15, 0.2) is 0 Å². The Hall–Kier alpha value is -1.70. The van der Waals surface area contributed by atoms with Gasteiger partial charge in [-0.3, -0.25) is 9.97 Å². The van der Waals surface area contributed by atoms with Crippen molar-refractivity contribution < 1.29 is 0 Å². The van der Waals surface area contributed by atoms with Crippen LogP contribution < -0.4 is 0 Å². The smallest absolute Gasteiger partial charge is 0.0402 e. The number of hydrogen-bond donors (Lipinski definition) is 0. The minimum Gasteiger partial charge on any atom is -0.264 e. The van der Waals surface area contributed by atoms with Crippen LogP contribution in [-0.2, 0) is 0 Å². The molecule has 0 N–H and O–H groups in total. The van der Waals surface area contributed by atoms with Crippen LogP contribution in [0.3, 0.4) is 0 Å². The van der Waals surface area contributed by atoms with Gasteiger partial charge in [-0.1, -0.05) is 0 Å². The second kappa shape index (κ2) is 3.81. The standard InChI is InChI=1S/C13H14N2/c1-9-4-12(7-14-6-9)13-5-10(2)11(3)15-8-13/h4-8H,1-3H3. The lowest BCUT2D eigenvalue weighted by Crippen LogP contribution is -1.89. The molecule has 2 heterocycles. The molecule has 0 saturated carbocycles. The Kier molecular flexibility index (Phi) is 2.50. The third-order valence-corrected chi connectivity index (χ3v) is 2.55. The predicted molar refractivity (Wildman–Crippen MR) is 61.7 cm³/mol. The summed E-state index contributed by atoms with van der Waals surface area (Å²) in [5.74, 6) is 0. The molecule has 0 unspecified atom stereocenters. The lowest BCUT2D eigenvalue weighted by Gasteiger charge is -2.04. The van der Waals surface area contributed by atoms with Crippen LogP contribution in [0.2, 0.25) is 0 Å². The molecule has 0 fully saturated rings. The zero-order valence-electron chi connectivity index (χ0n) is 9.28. The summed E-state index contributed by atoms with van der Waals surface area (Å²) in [5, 5.41) is 0. The van der Waals surface area contributed by atoms with E-state index in [-0.39, 0.29) is 0 Å². The Morgan fingerprint density at radius 3 is 2.27 bits per heavy atom. The lowest BCUT2D eigenvalue weighted by molar-refractivity contribution is 1.15. The highest BCUT2D eigenvalue weighted by Gasteiger charge is 2.01. The molecule has 2 aromatic heterocycles. The van der Waals surface area contributed by atoms with Crippen LogP contribution in [-0.4, -0.2) is 9.97 Å². The van der Waals surface area contributed by atoms with Gasteiger partial charge in [0, 0.05) is 35.4 Å². The van der Waals surface area contributed by atoms with Crippen LogP contribution in [0.25, 0.3) is 11.1 Å². The van der Waals surface area contributed by atoms with Crippen molar-refractivity contribution in [3.8, 4) is 11.1 Å². The fourth-order valence-corrected chi connectivity index (χ4v) is 1.51. The van der Waals surface area contributed by atoms with E-state index < -0.39 is 0 Å². The monoisotopic (exact) mass is 198 g/mol. The number of aryl methyl sites for hydroxylation is 3. The molecule has 76 valence electrons. The minimum atomic E-state index is 1.08. The maximum Gasteiger partial charge on any atom is 0.0402 e. The molecule has 2 rings (SSSR count). The quantitative estimate of drug-likeness (QED) is 0.703. The summed E-state index contributed by atoms with van der Waals surface area (Å²) in [7, 11) is 0. The van der Waals surface area contributed by atoms with Gasteiger partial charge < -0.3 is 0 Å².